The van der Waals surface area contributed by atoms with E-state index in [0.717, 1.165) is 53.5 Å². The summed E-state index contributed by atoms with van der Waals surface area (Å²) >= 11 is 0. The first-order valence-electron chi connectivity index (χ1n) is 11.9. The molecule has 0 spiro atoms. The van der Waals surface area contributed by atoms with Crippen LogP contribution in [-0.2, 0) is 4.79 Å². The van der Waals surface area contributed by atoms with Crippen LogP contribution in [0.15, 0.2) is 72.9 Å². The quantitative estimate of drug-likeness (QED) is 0.307. The molecule has 0 bridgehead atoms. The van der Waals surface area contributed by atoms with Crippen LogP contribution in [0.3, 0.4) is 0 Å². The van der Waals surface area contributed by atoms with Gasteiger partial charge in [-0.05, 0) is 66.9 Å². The van der Waals surface area contributed by atoms with Gasteiger partial charge in [-0.15, -0.1) is 0 Å². The van der Waals surface area contributed by atoms with E-state index in [0.29, 0.717) is 11.4 Å². The first-order valence-corrected chi connectivity index (χ1v) is 11.9. The molecule has 6 heteroatoms. The second-order valence-electron chi connectivity index (χ2n) is 8.91. The molecule has 1 saturated carbocycles. The lowest BCUT2D eigenvalue weighted by atomic mass is 9.99. The van der Waals surface area contributed by atoms with Crippen LogP contribution in [0.2, 0.25) is 0 Å². The molecule has 1 aliphatic rings. The molecule has 1 fully saturated rings. The largest absolute Gasteiger partial charge is 0.355 e. The molecule has 6 nitrogen and oxygen atoms in total. The van der Waals surface area contributed by atoms with E-state index in [1.54, 1.807) is 24.4 Å². The number of carbonyl (C=O) groups excluding carboxylic acids is 2. The maximum Gasteiger partial charge on any atom is 0.256 e. The highest BCUT2D eigenvalue weighted by Crippen LogP contribution is 2.28. The number of amides is 2. The molecule has 172 valence electrons. The van der Waals surface area contributed by atoms with E-state index in [-0.39, 0.29) is 17.7 Å². The molecule has 2 aromatic carbocycles. The van der Waals surface area contributed by atoms with Gasteiger partial charge in [0.25, 0.3) is 5.91 Å². The summed E-state index contributed by atoms with van der Waals surface area (Å²) in [5.74, 6) is 0.586. The first kappa shape index (κ1) is 21.9. The van der Waals surface area contributed by atoms with Gasteiger partial charge in [-0.3, -0.25) is 9.59 Å². The zero-order valence-corrected chi connectivity index (χ0v) is 19.0. The van der Waals surface area contributed by atoms with Crippen molar-refractivity contribution in [3.8, 4) is 11.3 Å². The Hall–Kier alpha value is -3.93. The highest BCUT2D eigenvalue weighted by atomic mass is 16.2. The molecule has 4 aromatic rings. The molecule has 0 aliphatic heterocycles. The fourth-order valence-electron chi connectivity index (χ4n) is 4.57. The van der Waals surface area contributed by atoms with E-state index in [2.05, 4.69) is 20.6 Å². The van der Waals surface area contributed by atoms with Gasteiger partial charge in [0.2, 0.25) is 5.91 Å². The molecular weight excluding hydrogens is 424 g/mol. The molecule has 0 radical (unpaired) electrons. The molecular formula is C28H28N4O2. The lowest BCUT2D eigenvalue weighted by Gasteiger charge is -2.14. The summed E-state index contributed by atoms with van der Waals surface area (Å²) in [4.78, 5) is 32.8. The number of H-pyrrole nitrogens is 1. The summed E-state index contributed by atoms with van der Waals surface area (Å²) in [5, 5.41) is 6.85. The van der Waals surface area contributed by atoms with Crippen LogP contribution in [0.4, 0.5) is 11.5 Å². The van der Waals surface area contributed by atoms with Gasteiger partial charge >= 0.3 is 0 Å². The van der Waals surface area contributed by atoms with E-state index >= 15 is 0 Å². The highest BCUT2D eigenvalue weighted by molar-refractivity contribution is 6.06. The van der Waals surface area contributed by atoms with Gasteiger partial charge in [-0.25, -0.2) is 4.98 Å². The number of fused-ring (bicyclic) bond motifs is 1. The predicted molar refractivity (Wildman–Crippen MR) is 136 cm³/mol. The SMILES string of the molecule is O=C(Nc1ccccn1)c1ccc2[nH]c(-c3ccc(NC(=O)C4CCCCCC4)cc3)cc2c1. The Morgan fingerprint density at radius 3 is 2.38 bits per heavy atom. The fourth-order valence-corrected chi connectivity index (χ4v) is 4.57. The van der Waals surface area contributed by atoms with Crippen LogP contribution >= 0.6 is 0 Å². The number of aromatic nitrogens is 2. The zero-order chi connectivity index (χ0) is 23.3. The molecule has 34 heavy (non-hydrogen) atoms. The summed E-state index contributed by atoms with van der Waals surface area (Å²) in [7, 11) is 0. The van der Waals surface area contributed by atoms with Gasteiger partial charge in [0.05, 0.1) is 0 Å². The number of benzene rings is 2. The molecule has 2 heterocycles. The first-order chi connectivity index (χ1) is 16.7. The Labute approximate surface area is 198 Å². The maximum absolute atomic E-state index is 12.6. The standard InChI is InChI=1S/C28H28N4O2/c33-27(20-7-3-1-2-4-8-20)30-23-13-10-19(11-14-23)25-18-22-17-21(12-15-24(22)31-25)28(34)32-26-9-5-6-16-29-26/h5-6,9-18,20,31H,1-4,7-8H2,(H,30,33)(H,29,32,34). The van der Waals surface area contributed by atoms with Gasteiger partial charge in [-0.1, -0.05) is 43.9 Å². The van der Waals surface area contributed by atoms with Crippen molar-refractivity contribution < 1.29 is 9.59 Å². The van der Waals surface area contributed by atoms with Crippen molar-refractivity contribution in [3.63, 3.8) is 0 Å². The second-order valence-corrected chi connectivity index (χ2v) is 8.91. The van der Waals surface area contributed by atoms with Crippen LogP contribution in [0.5, 0.6) is 0 Å². The smallest absolute Gasteiger partial charge is 0.256 e. The highest BCUT2D eigenvalue weighted by Gasteiger charge is 2.20. The predicted octanol–water partition coefficient (Wildman–Crippen LogP) is 6.39. The third kappa shape index (κ3) is 5.01. The summed E-state index contributed by atoms with van der Waals surface area (Å²) < 4.78 is 0. The normalized spacial score (nSPS) is 14.5. The van der Waals surface area contributed by atoms with Gasteiger partial charge in [0.15, 0.2) is 0 Å². The molecule has 0 unspecified atom stereocenters. The zero-order valence-electron chi connectivity index (χ0n) is 19.0. The van der Waals surface area contributed by atoms with Crippen LogP contribution < -0.4 is 10.6 Å². The van der Waals surface area contributed by atoms with Crippen LogP contribution in [0, 0.1) is 5.92 Å². The number of hydrogen-bond donors (Lipinski definition) is 3. The van der Waals surface area contributed by atoms with Crippen LogP contribution in [0.1, 0.15) is 48.9 Å². The van der Waals surface area contributed by atoms with Crippen molar-refractivity contribution in [2.75, 3.05) is 10.6 Å². The van der Waals surface area contributed by atoms with Crippen molar-refractivity contribution in [1.29, 1.82) is 0 Å². The average molecular weight is 453 g/mol. The van der Waals surface area contributed by atoms with Gasteiger partial charge in [0.1, 0.15) is 5.82 Å². The number of pyridine rings is 1. The van der Waals surface area contributed by atoms with E-state index in [4.69, 9.17) is 0 Å². The number of nitrogens with one attached hydrogen (secondary N) is 3. The van der Waals surface area contributed by atoms with Crippen molar-refractivity contribution >= 4 is 34.2 Å². The maximum atomic E-state index is 12.6. The average Bonchev–Trinajstić information content (AvgIpc) is 3.09. The molecule has 0 atom stereocenters. The minimum Gasteiger partial charge on any atom is -0.355 e. The summed E-state index contributed by atoms with van der Waals surface area (Å²) in [6, 6.07) is 20.9. The van der Waals surface area contributed by atoms with E-state index in [1.165, 1.54) is 12.8 Å². The molecule has 2 amide bonds. The monoisotopic (exact) mass is 452 g/mol. The van der Waals surface area contributed by atoms with Crippen LogP contribution in [0.25, 0.3) is 22.2 Å². The summed E-state index contributed by atoms with van der Waals surface area (Å²) in [5.41, 5.74) is 4.32. The summed E-state index contributed by atoms with van der Waals surface area (Å²) in [6.07, 6.45) is 8.37. The fraction of sp³-hybridized carbons (Fsp3) is 0.250. The van der Waals surface area contributed by atoms with Gasteiger partial charge < -0.3 is 15.6 Å². The third-order valence-electron chi connectivity index (χ3n) is 6.48. The lowest BCUT2D eigenvalue weighted by Crippen LogP contribution is -2.22. The van der Waals surface area contributed by atoms with Crippen molar-refractivity contribution in [2.24, 2.45) is 5.92 Å². The topological polar surface area (TPSA) is 86.9 Å². The molecule has 3 N–H and O–H groups in total. The molecule has 2 aromatic heterocycles. The number of hydrogen-bond acceptors (Lipinski definition) is 3. The van der Waals surface area contributed by atoms with E-state index in [9.17, 15) is 9.59 Å². The van der Waals surface area contributed by atoms with Crippen LogP contribution in [-0.4, -0.2) is 21.8 Å². The van der Waals surface area contributed by atoms with Gasteiger partial charge in [-0.2, -0.15) is 0 Å². The Morgan fingerprint density at radius 2 is 1.65 bits per heavy atom. The third-order valence-corrected chi connectivity index (χ3v) is 6.48. The van der Waals surface area contributed by atoms with Crippen molar-refractivity contribution in [2.45, 2.75) is 38.5 Å². The Morgan fingerprint density at radius 1 is 0.853 bits per heavy atom. The molecule has 1 aliphatic carbocycles. The van der Waals surface area contributed by atoms with Crippen molar-refractivity contribution in [3.05, 3.63) is 78.5 Å². The number of anilines is 2. The number of nitrogens with zero attached hydrogens (tertiary/aromatic N) is 1. The van der Waals surface area contributed by atoms with Gasteiger partial charge in [0, 0.05) is 40.0 Å². The molecule has 5 rings (SSSR count). The Bertz CT molecular complexity index is 1290. The summed E-state index contributed by atoms with van der Waals surface area (Å²) in [6.45, 7) is 0. The number of rotatable bonds is 5. The number of carbonyl (C=O) groups is 2. The second kappa shape index (κ2) is 9.91. The van der Waals surface area contributed by atoms with Crippen molar-refractivity contribution in [1.82, 2.24) is 9.97 Å². The minimum absolute atomic E-state index is 0.125. The Balaban J connectivity index is 1.28. The minimum atomic E-state index is -0.197. The Kier molecular flexibility index (Phi) is 6.38. The van der Waals surface area contributed by atoms with E-state index < -0.39 is 0 Å². The molecule has 0 saturated heterocycles. The number of aromatic amines is 1. The van der Waals surface area contributed by atoms with E-state index in [1.807, 2.05) is 48.5 Å². The lowest BCUT2D eigenvalue weighted by molar-refractivity contribution is -0.120.